The van der Waals surface area contributed by atoms with E-state index in [1.807, 2.05) is 6.07 Å². The summed E-state index contributed by atoms with van der Waals surface area (Å²) in [6, 6.07) is 6.33. The predicted octanol–water partition coefficient (Wildman–Crippen LogP) is 2.65. The Balaban J connectivity index is 2.17. The minimum absolute atomic E-state index is 0.208. The van der Waals surface area contributed by atoms with Gasteiger partial charge < -0.3 is 14.4 Å². The third-order valence-electron chi connectivity index (χ3n) is 3.71. The number of nitrogens with zero attached hydrogens (tertiary/aromatic N) is 1. The SMILES string of the molecule is CCN(CC)CC1OCCc2cc(OC)ccc21. The van der Waals surface area contributed by atoms with Crippen molar-refractivity contribution in [1.29, 1.82) is 0 Å². The van der Waals surface area contributed by atoms with Gasteiger partial charge in [0.05, 0.1) is 19.8 Å². The number of benzene rings is 1. The maximum Gasteiger partial charge on any atom is 0.119 e. The van der Waals surface area contributed by atoms with Crippen molar-refractivity contribution < 1.29 is 9.47 Å². The first kappa shape index (κ1) is 13.4. The Morgan fingerprint density at radius 3 is 2.78 bits per heavy atom. The number of hydrogen-bond acceptors (Lipinski definition) is 3. The fourth-order valence-electron chi connectivity index (χ4n) is 2.51. The second-order valence-electron chi connectivity index (χ2n) is 4.66. The van der Waals surface area contributed by atoms with Crippen molar-refractivity contribution >= 4 is 0 Å². The zero-order chi connectivity index (χ0) is 13.0. The highest BCUT2D eigenvalue weighted by molar-refractivity contribution is 5.38. The quantitative estimate of drug-likeness (QED) is 0.801. The van der Waals surface area contributed by atoms with E-state index < -0.39 is 0 Å². The van der Waals surface area contributed by atoms with Crippen molar-refractivity contribution in [2.45, 2.75) is 26.4 Å². The average Bonchev–Trinajstić information content (AvgIpc) is 2.44. The van der Waals surface area contributed by atoms with Crippen LogP contribution in [-0.2, 0) is 11.2 Å². The molecule has 0 radical (unpaired) electrons. The summed E-state index contributed by atoms with van der Waals surface area (Å²) >= 11 is 0. The van der Waals surface area contributed by atoms with Crippen molar-refractivity contribution in [1.82, 2.24) is 4.90 Å². The molecule has 2 rings (SSSR count). The molecule has 3 heteroatoms. The van der Waals surface area contributed by atoms with Gasteiger partial charge >= 0.3 is 0 Å². The van der Waals surface area contributed by atoms with E-state index in [0.29, 0.717) is 0 Å². The lowest BCUT2D eigenvalue weighted by Crippen LogP contribution is -2.31. The van der Waals surface area contributed by atoms with Crippen LogP contribution >= 0.6 is 0 Å². The van der Waals surface area contributed by atoms with Crippen LogP contribution in [0, 0.1) is 0 Å². The lowest BCUT2D eigenvalue weighted by atomic mass is 9.97. The van der Waals surface area contributed by atoms with Crippen molar-refractivity contribution in [3.63, 3.8) is 0 Å². The van der Waals surface area contributed by atoms with Gasteiger partial charge in [-0.15, -0.1) is 0 Å². The number of rotatable bonds is 5. The van der Waals surface area contributed by atoms with Crippen LogP contribution in [0.4, 0.5) is 0 Å². The molecule has 100 valence electrons. The van der Waals surface area contributed by atoms with Gasteiger partial charge in [0.15, 0.2) is 0 Å². The van der Waals surface area contributed by atoms with Crippen molar-refractivity contribution in [2.75, 3.05) is 33.4 Å². The molecule has 0 N–H and O–H groups in total. The summed E-state index contributed by atoms with van der Waals surface area (Å²) in [5.74, 6) is 0.942. The molecule has 0 saturated carbocycles. The van der Waals surface area contributed by atoms with Gasteiger partial charge in [-0.3, -0.25) is 0 Å². The van der Waals surface area contributed by atoms with E-state index >= 15 is 0 Å². The van der Waals surface area contributed by atoms with Crippen LogP contribution in [0.25, 0.3) is 0 Å². The van der Waals surface area contributed by atoms with Gasteiger partial charge in [0.1, 0.15) is 5.75 Å². The smallest absolute Gasteiger partial charge is 0.119 e. The number of methoxy groups -OCH3 is 1. The monoisotopic (exact) mass is 249 g/mol. The minimum atomic E-state index is 0.208. The second-order valence-corrected chi connectivity index (χ2v) is 4.66. The summed E-state index contributed by atoms with van der Waals surface area (Å²) in [4.78, 5) is 2.41. The first-order valence-electron chi connectivity index (χ1n) is 6.79. The van der Waals surface area contributed by atoms with Gasteiger partial charge in [0.2, 0.25) is 0 Å². The standard InChI is InChI=1S/C15H23NO2/c1-4-16(5-2)11-15-14-7-6-13(17-3)10-12(14)8-9-18-15/h6-7,10,15H,4-5,8-9,11H2,1-3H3. The Kier molecular flexibility index (Phi) is 4.61. The van der Waals surface area contributed by atoms with Crippen molar-refractivity contribution in [3.8, 4) is 5.75 Å². The summed E-state index contributed by atoms with van der Waals surface area (Å²) < 4.78 is 11.2. The maximum atomic E-state index is 5.93. The summed E-state index contributed by atoms with van der Waals surface area (Å²) in [6.45, 7) is 8.32. The average molecular weight is 249 g/mol. The van der Waals surface area contributed by atoms with Gasteiger partial charge in [-0.05, 0) is 42.8 Å². The molecule has 1 aliphatic rings. The third kappa shape index (κ3) is 2.85. The minimum Gasteiger partial charge on any atom is -0.497 e. The zero-order valence-electron chi connectivity index (χ0n) is 11.6. The lowest BCUT2D eigenvalue weighted by Gasteiger charge is -2.30. The normalized spacial score (nSPS) is 18.8. The Morgan fingerprint density at radius 2 is 2.11 bits per heavy atom. The zero-order valence-corrected chi connectivity index (χ0v) is 11.6. The Bertz CT molecular complexity index is 388. The van der Waals surface area contributed by atoms with Gasteiger partial charge in [0.25, 0.3) is 0 Å². The van der Waals surface area contributed by atoms with Gasteiger partial charge in [-0.2, -0.15) is 0 Å². The first-order chi connectivity index (χ1) is 8.78. The van der Waals surface area contributed by atoms with E-state index in [2.05, 4.69) is 30.9 Å². The highest BCUT2D eigenvalue weighted by Gasteiger charge is 2.22. The summed E-state index contributed by atoms with van der Waals surface area (Å²) in [5, 5.41) is 0. The van der Waals surface area contributed by atoms with E-state index in [1.165, 1.54) is 11.1 Å². The Morgan fingerprint density at radius 1 is 1.33 bits per heavy atom. The van der Waals surface area contributed by atoms with Crippen LogP contribution in [0.1, 0.15) is 31.1 Å². The van der Waals surface area contributed by atoms with E-state index in [4.69, 9.17) is 9.47 Å². The number of likely N-dealkylation sites (N-methyl/N-ethyl adjacent to an activating group) is 1. The summed E-state index contributed by atoms with van der Waals surface area (Å²) in [6.07, 6.45) is 1.20. The topological polar surface area (TPSA) is 21.7 Å². The molecule has 1 aromatic rings. The molecule has 0 amide bonds. The molecule has 3 nitrogen and oxygen atoms in total. The lowest BCUT2D eigenvalue weighted by molar-refractivity contribution is 0.0179. The highest BCUT2D eigenvalue weighted by atomic mass is 16.5. The van der Waals surface area contributed by atoms with Crippen molar-refractivity contribution in [3.05, 3.63) is 29.3 Å². The van der Waals surface area contributed by atoms with Crippen LogP contribution < -0.4 is 4.74 Å². The van der Waals surface area contributed by atoms with E-state index in [0.717, 1.165) is 38.4 Å². The highest BCUT2D eigenvalue weighted by Crippen LogP contribution is 2.30. The molecule has 0 fully saturated rings. The molecule has 0 bridgehead atoms. The number of fused-ring (bicyclic) bond motifs is 1. The van der Waals surface area contributed by atoms with Crippen LogP contribution in [0.15, 0.2) is 18.2 Å². The first-order valence-corrected chi connectivity index (χ1v) is 6.79. The van der Waals surface area contributed by atoms with E-state index in [-0.39, 0.29) is 6.10 Å². The molecule has 1 aromatic carbocycles. The molecular formula is C15H23NO2. The van der Waals surface area contributed by atoms with Crippen molar-refractivity contribution in [2.24, 2.45) is 0 Å². The maximum absolute atomic E-state index is 5.93. The fraction of sp³-hybridized carbons (Fsp3) is 0.600. The van der Waals surface area contributed by atoms with Gasteiger partial charge in [-0.1, -0.05) is 19.9 Å². The van der Waals surface area contributed by atoms with Crippen LogP contribution in [0.3, 0.4) is 0 Å². The molecule has 0 aliphatic carbocycles. The second kappa shape index (κ2) is 6.21. The molecule has 0 spiro atoms. The molecule has 18 heavy (non-hydrogen) atoms. The summed E-state index contributed by atoms with van der Waals surface area (Å²) in [5.41, 5.74) is 2.70. The Hall–Kier alpha value is -1.06. The summed E-state index contributed by atoms with van der Waals surface area (Å²) in [7, 11) is 1.72. The van der Waals surface area contributed by atoms with Gasteiger partial charge in [0, 0.05) is 6.54 Å². The van der Waals surface area contributed by atoms with Crippen LogP contribution in [0.2, 0.25) is 0 Å². The fourth-order valence-corrected chi connectivity index (χ4v) is 2.51. The molecule has 0 saturated heterocycles. The Labute approximate surface area is 110 Å². The van der Waals surface area contributed by atoms with Crippen LogP contribution in [-0.4, -0.2) is 38.3 Å². The van der Waals surface area contributed by atoms with E-state index in [1.54, 1.807) is 7.11 Å². The molecule has 0 aromatic heterocycles. The number of hydrogen-bond donors (Lipinski definition) is 0. The molecular weight excluding hydrogens is 226 g/mol. The van der Waals surface area contributed by atoms with Crippen LogP contribution in [0.5, 0.6) is 5.75 Å². The van der Waals surface area contributed by atoms with Gasteiger partial charge in [-0.25, -0.2) is 0 Å². The largest absolute Gasteiger partial charge is 0.497 e. The van der Waals surface area contributed by atoms with E-state index in [9.17, 15) is 0 Å². The number of ether oxygens (including phenoxy) is 2. The molecule has 1 atom stereocenters. The molecule has 1 heterocycles. The molecule has 1 aliphatic heterocycles. The molecule has 1 unspecified atom stereocenters. The third-order valence-corrected chi connectivity index (χ3v) is 3.71. The predicted molar refractivity (Wildman–Crippen MR) is 73.2 cm³/mol.